The first-order chi connectivity index (χ1) is 20.2. The number of carbonyl (C=O) groups is 2. The van der Waals surface area contributed by atoms with Crippen LogP contribution >= 0.6 is 11.3 Å². The number of ether oxygens (including phenoxy) is 3. The summed E-state index contributed by atoms with van der Waals surface area (Å²) in [4.78, 5) is 44.7. The highest BCUT2D eigenvalue weighted by Gasteiger charge is 2.30. The van der Waals surface area contributed by atoms with Crippen LogP contribution in [0.25, 0.3) is 11.1 Å². The lowest BCUT2D eigenvalue weighted by Crippen LogP contribution is -2.33. The van der Waals surface area contributed by atoms with Gasteiger partial charge < -0.3 is 30.2 Å². The standard InChI is InChI=1S/C31H36N4O6S/c1-16(30(38)35-31-34-23-8-6-7-9-26(23)42-31)32-22-13-11-19-20(15-24(22)37)21(33-17(2)36)12-10-18-14-25(39-3)28(40-4)29(41-5)27(18)19/h11,13-16,21H,6-10,12H2,1-5H3,(H,32,37)(H,33,36)(H,34,35,38)/t16-,21-/m1/s1. The number of aryl methyl sites for hydroxylation is 3. The average molecular weight is 593 g/mol. The number of methoxy groups -OCH3 is 3. The van der Waals surface area contributed by atoms with E-state index < -0.39 is 12.1 Å². The molecular weight excluding hydrogens is 556 g/mol. The van der Waals surface area contributed by atoms with Gasteiger partial charge in [-0.1, -0.05) is 6.07 Å². The van der Waals surface area contributed by atoms with E-state index in [4.69, 9.17) is 14.2 Å². The topological polar surface area (TPSA) is 128 Å². The molecule has 0 spiro atoms. The number of thiazole rings is 1. The highest BCUT2D eigenvalue weighted by Crippen LogP contribution is 2.50. The average Bonchev–Trinajstić information content (AvgIpc) is 3.24. The maximum atomic E-state index is 13.6. The summed E-state index contributed by atoms with van der Waals surface area (Å²) in [5, 5.41) is 9.58. The molecule has 0 bridgehead atoms. The van der Waals surface area contributed by atoms with Crippen molar-refractivity contribution in [1.82, 2.24) is 10.3 Å². The number of nitrogens with zero attached hydrogens (tertiary/aromatic N) is 1. The highest BCUT2D eigenvalue weighted by molar-refractivity contribution is 7.15. The van der Waals surface area contributed by atoms with Gasteiger partial charge in [0.2, 0.25) is 23.0 Å². The van der Waals surface area contributed by atoms with Gasteiger partial charge in [-0.3, -0.25) is 14.4 Å². The molecule has 0 radical (unpaired) electrons. The molecule has 11 heteroatoms. The normalized spacial score (nSPS) is 16.1. The Balaban J connectivity index is 1.53. The molecule has 10 nitrogen and oxygen atoms in total. The molecule has 2 atom stereocenters. The molecule has 1 aromatic heterocycles. The molecule has 5 rings (SSSR count). The van der Waals surface area contributed by atoms with E-state index in [0.717, 1.165) is 48.1 Å². The number of fused-ring (bicyclic) bond motifs is 4. The van der Waals surface area contributed by atoms with Crippen molar-refractivity contribution in [2.45, 2.75) is 64.5 Å². The van der Waals surface area contributed by atoms with Gasteiger partial charge in [0.15, 0.2) is 16.6 Å². The van der Waals surface area contributed by atoms with Crippen molar-refractivity contribution in [1.29, 1.82) is 0 Å². The van der Waals surface area contributed by atoms with E-state index >= 15 is 0 Å². The lowest BCUT2D eigenvalue weighted by Gasteiger charge is -2.19. The summed E-state index contributed by atoms with van der Waals surface area (Å²) in [6, 6.07) is 5.80. The third-order valence-electron chi connectivity index (χ3n) is 7.76. The van der Waals surface area contributed by atoms with Crippen LogP contribution in [-0.2, 0) is 28.9 Å². The number of benzene rings is 1. The van der Waals surface area contributed by atoms with E-state index in [1.165, 1.54) is 29.2 Å². The lowest BCUT2D eigenvalue weighted by atomic mass is 9.95. The Morgan fingerprint density at radius 1 is 1.02 bits per heavy atom. The molecule has 2 aromatic carbocycles. The molecule has 1 heterocycles. The second kappa shape index (κ2) is 12.4. The molecule has 0 fully saturated rings. The molecule has 0 aliphatic heterocycles. The van der Waals surface area contributed by atoms with Crippen LogP contribution in [0, 0.1) is 0 Å². The smallest absolute Gasteiger partial charge is 0.248 e. The summed E-state index contributed by atoms with van der Waals surface area (Å²) >= 11 is 1.52. The van der Waals surface area contributed by atoms with Crippen LogP contribution in [0.5, 0.6) is 17.2 Å². The number of carbonyl (C=O) groups excluding carboxylic acids is 2. The van der Waals surface area contributed by atoms with E-state index in [1.807, 2.05) is 12.1 Å². The van der Waals surface area contributed by atoms with Gasteiger partial charge in [-0.05, 0) is 80.3 Å². The van der Waals surface area contributed by atoms with Crippen molar-refractivity contribution in [2.75, 3.05) is 32.0 Å². The summed E-state index contributed by atoms with van der Waals surface area (Å²) in [6.45, 7) is 3.16. The molecule has 2 aliphatic carbocycles. The summed E-state index contributed by atoms with van der Waals surface area (Å²) in [6.07, 6.45) is 5.34. The number of amides is 2. The van der Waals surface area contributed by atoms with Crippen molar-refractivity contribution in [2.24, 2.45) is 0 Å². The van der Waals surface area contributed by atoms with Gasteiger partial charge in [-0.25, -0.2) is 4.98 Å². The Morgan fingerprint density at radius 2 is 1.79 bits per heavy atom. The van der Waals surface area contributed by atoms with Gasteiger partial charge >= 0.3 is 0 Å². The van der Waals surface area contributed by atoms with Gasteiger partial charge in [-0.15, -0.1) is 11.3 Å². The number of anilines is 2. The van der Waals surface area contributed by atoms with Gasteiger partial charge in [0.25, 0.3) is 0 Å². The molecule has 0 saturated carbocycles. The van der Waals surface area contributed by atoms with Crippen LogP contribution < -0.4 is 35.6 Å². The molecule has 2 amide bonds. The maximum absolute atomic E-state index is 13.6. The zero-order valence-corrected chi connectivity index (χ0v) is 25.3. The Kier molecular flexibility index (Phi) is 8.67. The Morgan fingerprint density at radius 3 is 2.48 bits per heavy atom. The SMILES string of the molecule is COc1cc2c(c(OC)c1OC)-c1ccc(N[C@H](C)C(=O)Nc3nc4c(s3)CCCC4)c(=O)cc1[C@H](NC(C)=O)CC2. The van der Waals surface area contributed by atoms with Gasteiger partial charge in [0, 0.05) is 17.4 Å². The molecule has 0 unspecified atom stereocenters. The first-order valence-corrected chi connectivity index (χ1v) is 14.9. The first kappa shape index (κ1) is 29.4. The van der Waals surface area contributed by atoms with Crippen molar-refractivity contribution >= 4 is 34.0 Å². The van der Waals surface area contributed by atoms with E-state index in [9.17, 15) is 14.4 Å². The number of hydrogen-bond acceptors (Lipinski definition) is 9. The third kappa shape index (κ3) is 5.78. The van der Waals surface area contributed by atoms with Crippen molar-refractivity contribution in [3.05, 3.63) is 56.2 Å². The number of aromatic nitrogens is 1. The minimum atomic E-state index is -0.710. The van der Waals surface area contributed by atoms with Crippen LogP contribution in [0.3, 0.4) is 0 Å². The molecule has 3 aromatic rings. The Bertz CT molecular complexity index is 1560. The van der Waals surface area contributed by atoms with E-state index in [-0.39, 0.29) is 22.9 Å². The minimum Gasteiger partial charge on any atom is -0.493 e. The number of nitrogens with one attached hydrogen (secondary N) is 3. The van der Waals surface area contributed by atoms with E-state index in [1.54, 1.807) is 34.3 Å². The van der Waals surface area contributed by atoms with Crippen LogP contribution in [0.15, 0.2) is 29.1 Å². The van der Waals surface area contributed by atoms with Gasteiger partial charge in [0.1, 0.15) is 6.04 Å². The zero-order chi connectivity index (χ0) is 30.0. The van der Waals surface area contributed by atoms with E-state index in [0.29, 0.717) is 40.8 Å². The Hall–Kier alpha value is -4.12. The third-order valence-corrected chi connectivity index (χ3v) is 8.83. The fourth-order valence-corrected chi connectivity index (χ4v) is 6.80. The van der Waals surface area contributed by atoms with Crippen LogP contribution in [0.2, 0.25) is 0 Å². The van der Waals surface area contributed by atoms with Crippen molar-refractivity contribution in [3.8, 4) is 28.4 Å². The van der Waals surface area contributed by atoms with Crippen LogP contribution in [0.4, 0.5) is 10.8 Å². The second-order valence-electron chi connectivity index (χ2n) is 10.5. The summed E-state index contributed by atoms with van der Waals surface area (Å²) in [5.74, 6) is 0.951. The highest BCUT2D eigenvalue weighted by atomic mass is 32.1. The largest absolute Gasteiger partial charge is 0.493 e. The lowest BCUT2D eigenvalue weighted by molar-refractivity contribution is -0.119. The van der Waals surface area contributed by atoms with Crippen LogP contribution in [-0.4, -0.2) is 44.2 Å². The molecule has 222 valence electrons. The predicted molar refractivity (Wildman–Crippen MR) is 163 cm³/mol. The molecule has 3 N–H and O–H groups in total. The second-order valence-corrected chi connectivity index (χ2v) is 11.6. The summed E-state index contributed by atoms with van der Waals surface area (Å²) < 4.78 is 17.1. The minimum absolute atomic E-state index is 0.203. The first-order valence-electron chi connectivity index (χ1n) is 14.1. The fourth-order valence-electron chi connectivity index (χ4n) is 5.74. The van der Waals surface area contributed by atoms with E-state index in [2.05, 4.69) is 20.9 Å². The number of hydrogen-bond donors (Lipinski definition) is 3. The van der Waals surface area contributed by atoms with Crippen LogP contribution in [0.1, 0.15) is 60.8 Å². The monoisotopic (exact) mass is 592 g/mol. The Labute approximate surface area is 248 Å². The molecule has 42 heavy (non-hydrogen) atoms. The molecular formula is C31H36N4O6S. The maximum Gasteiger partial charge on any atom is 0.248 e. The quantitative estimate of drug-likeness (QED) is 0.345. The molecule has 0 saturated heterocycles. The summed E-state index contributed by atoms with van der Waals surface area (Å²) in [5.41, 5.74) is 4.08. The van der Waals surface area contributed by atoms with Crippen molar-refractivity contribution < 1.29 is 23.8 Å². The predicted octanol–water partition coefficient (Wildman–Crippen LogP) is 4.64. The molecule has 2 aliphatic rings. The zero-order valence-electron chi connectivity index (χ0n) is 24.5. The van der Waals surface area contributed by atoms with Gasteiger partial charge in [-0.2, -0.15) is 0 Å². The summed E-state index contributed by atoms with van der Waals surface area (Å²) in [7, 11) is 4.67. The number of rotatable bonds is 8. The fraction of sp³-hybridized carbons (Fsp3) is 0.419. The van der Waals surface area contributed by atoms with Crippen molar-refractivity contribution in [3.63, 3.8) is 0 Å². The van der Waals surface area contributed by atoms with Gasteiger partial charge in [0.05, 0.1) is 38.8 Å².